The van der Waals surface area contributed by atoms with E-state index in [9.17, 15) is 9.90 Å². The smallest absolute Gasteiger partial charge is 0.159 e. The molecule has 0 aliphatic heterocycles. The Morgan fingerprint density at radius 2 is 2.00 bits per heavy atom. The van der Waals surface area contributed by atoms with Gasteiger partial charge >= 0.3 is 0 Å². The van der Waals surface area contributed by atoms with Gasteiger partial charge in [0.25, 0.3) is 0 Å². The highest BCUT2D eigenvalue weighted by Crippen LogP contribution is 2.14. The largest absolute Gasteiger partial charge is 0.491 e. The van der Waals surface area contributed by atoms with Crippen LogP contribution in [0.4, 0.5) is 0 Å². The minimum atomic E-state index is -0.559. The van der Waals surface area contributed by atoms with E-state index in [1.54, 1.807) is 24.3 Å². The number of ketones is 1. The van der Waals surface area contributed by atoms with E-state index in [1.807, 2.05) is 24.3 Å². The average molecular weight is 349 g/mol. The minimum Gasteiger partial charge on any atom is -0.491 e. The van der Waals surface area contributed by atoms with Gasteiger partial charge in [-0.05, 0) is 36.8 Å². The lowest BCUT2D eigenvalue weighted by molar-refractivity contribution is -0.660. The Morgan fingerprint density at radius 1 is 1.25 bits per heavy atom. The van der Waals surface area contributed by atoms with Gasteiger partial charge in [-0.2, -0.15) is 0 Å². The lowest BCUT2D eigenvalue weighted by Gasteiger charge is -2.12. The summed E-state index contributed by atoms with van der Waals surface area (Å²) in [6, 6.07) is 14.8. The van der Waals surface area contributed by atoms with E-state index >= 15 is 0 Å². The molecule has 5 heteroatoms. The molecule has 128 valence electrons. The molecule has 2 aromatic carbocycles. The summed E-state index contributed by atoms with van der Waals surface area (Å²) < 4.78 is 5.55. The molecule has 0 spiro atoms. The van der Waals surface area contributed by atoms with Crippen molar-refractivity contribution in [2.75, 3.05) is 19.7 Å². The molecule has 0 aliphatic rings. The summed E-state index contributed by atoms with van der Waals surface area (Å²) in [7, 11) is 0. The Balaban J connectivity index is 1.66. The zero-order chi connectivity index (χ0) is 17.4. The van der Waals surface area contributed by atoms with Gasteiger partial charge in [0.15, 0.2) is 5.78 Å². The zero-order valence-corrected chi connectivity index (χ0v) is 14.5. The van der Waals surface area contributed by atoms with Crippen LogP contribution in [0.5, 0.6) is 5.75 Å². The van der Waals surface area contributed by atoms with Crippen LogP contribution in [-0.2, 0) is 6.42 Å². The summed E-state index contributed by atoms with van der Waals surface area (Å²) in [6.07, 6.45) is 0.363. The Hall–Kier alpha value is -1.88. The highest BCUT2D eigenvalue weighted by molar-refractivity contribution is 6.30. The van der Waals surface area contributed by atoms with Crippen molar-refractivity contribution < 1.29 is 20.0 Å². The van der Waals surface area contributed by atoms with Crippen molar-refractivity contribution in [2.45, 2.75) is 19.4 Å². The number of benzene rings is 2. The van der Waals surface area contributed by atoms with Gasteiger partial charge in [-0.1, -0.05) is 35.9 Å². The lowest BCUT2D eigenvalue weighted by atomic mass is 10.1. The predicted octanol–water partition coefficient (Wildman–Crippen LogP) is 2.09. The summed E-state index contributed by atoms with van der Waals surface area (Å²) in [5, 5.41) is 12.8. The maximum absolute atomic E-state index is 11.3. The van der Waals surface area contributed by atoms with Gasteiger partial charge in [-0.3, -0.25) is 4.79 Å². The summed E-state index contributed by atoms with van der Waals surface area (Å²) in [5.41, 5.74) is 1.83. The van der Waals surface area contributed by atoms with Gasteiger partial charge in [0, 0.05) is 17.0 Å². The molecule has 2 rings (SSSR count). The van der Waals surface area contributed by atoms with Crippen LogP contribution in [0.2, 0.25) is 5.02 Å². The molecule has 0 aliphatic carbocycles. The van der Waals surface area contributed by atoms with Crippen LogP contribution < -0.4 is 10.1 Å². The first kappa shape index (κ1) is 18.5. The van der Waals surface area contributed by atoms with E-state index in [-0.39, 0.29) is 12.4 Å². The number of aliphatic hydroxyl groups excluding tert-OH is 1. The van der Waals surface area contributed by atoms with Gasteiger partial charge in [0.1, 0.15) is 25.0 Å². The third-order valence-electron chi connectivity index (χ3n) is 3.67. The monoisotopic (exact) mass is 348 g/mol. The second-order valence-corrected chi connectivity index (χ2v) is 6.17. The molecule has 2 aromatic rings. The van der Waals surface area contributed by atoms with Gasteiger partial charge < -0.3 is 15.2 Å². The van der Waals surface area contributed by atoms with Crippen LogP contribution in [0.3, 0.4) is 0 Å². The van der Waals surface area contributed by atoms with Crippen molar-refractivity contribution in [1.29, 1.82) is 0 Å². The molecule has 0 saturated heterocycles. The number of ether oxygens (including phenoxy) is 1. The molecule has 1 atom stereocenters. The average Bonchev–Trinajstić information content (AvgIpc) is 2.58. The molecule has 4 nitrogen and oxygen atoms in total. The van der Waals surface area contributed by atoms with Crippen LogP contribution in [0.25, 0.3) is 0 Å². The summed E-state index contributed by atoms with van der Waals surface area (Å²) in [5.74, 6) is 0.597. The fourth-order valence-corrected chi connectivity index (χ4v) is 2.42. The first-order valence-corrected chi connectivity index (χ1v) is 8.40. The fourth-order valence-electron chi connectivity index (χ4n) is 2.30. The minimum absolute atomic E-state index is 0.00321. The molecule has 0 aromatic heterocycles. The summed E-state index contributed by atoms with van der Waals surface area (Å²) in [4.78, 5) is 11.3. The quantitative estimate of drug-likeness (QED) is 0.539. The zero-order valence-electron chi connectivity index (χ0n) is 13.7. The van der Waals surface area contributed by atoms with Gasteiger partial charge in [-0.15, -0.1) is 0 Å². The second kappa shape index (κ2) is 9.42. The van der Waals surface area contributed by atoms with Crippen LogP contribution >= 0.6 is 11.6 Å². The number of carbonyl (C=O) groups is 1. The number of rotatable bonds is 9. The van der Waals surface area contributed by atoms with Gasteiger partial charge in [-0.25, -0.2) is 0 Å². The molecule has 0 amide bonds. The van der Waals surface area contributed by atoms with Crippen molar-refractivity contribution in [2.24, 2.45) is 0 Å². The molecule has 0 radical (unpaired) electrons. The molecule has 0 saturated carbocycles. The maximum Gasteiger partial charge on any atom is 0.159 e. The predicted molar refractivity (Wildman–Crippen MR) is 94.8 cm³/mol. The number of Topliss-reactive ketones (excluding diaryl/α,β-unsaturated/α-hetero) is 1. The topological polar surface area (TPSA) is 63.1 Å². The van der Waals surface area contributed by atoms with Gasteiger partial charge in [0.05, 0.1) is 6.54 Å². The molecular formula is C19H23ClNO3+. The van der Waals surface area contributed by atoms with Crippen molar-refractivity contribution >= 4 is 17.4 Å². The summed E-state index contributed by atoms with van der Waals surface area (Å²) >= 11 is 5.85. The number of aliphatic hydroxyl groups is 1. The molecular weight excluding hydrogens is 326 g/mol. The van der Waals surface area contributed by atoms with Crippen LogP contribution in [0.1, 0.15) is 22.8 Å². The number of quaternary nitrogens is 1. The number of nitrogens with two attached hydrogens (primary N) is 1. The van der Waals surface area contributed by atoms with Crippen LogP contribution in [0.15, 0.2) is 48.5 Å². The highest BCUT2D eigenvalue weighted by atomic mass is 35.5. The molecule has 24 heavy (non-hydrogen) atoms. The van der Waals surface area contributed by atoms with E-state index < -0.39 is 6.10 Å². The Morgan fingerprint density at radius 3 is 2.71 bits per heavy atom. The van der Waals surface area contributed by atoms with Crippen molar-refractivity contribution in [1.82, 2.24) is 0 Å². The third-order valence-corrected chi connectivity index (χ3v) is 3.92. The number of carbonyl (C=O) groups excluding carboxylic acids is 1. The molecule has 0 heterocycles. The number of hydrogen-bond acceptors (Lipinski definition) is 3. The second-order valence-electron chi connectivity index (χ2n) is 5.74. The maximum atomic E-state index is 11.3. The fraction of sp³-hybridized carbons (Fsp3) is 0.316. The van der Waals surface area contributed by atoms with Crippen molar-refractivity contribution in [3.8, 4) is 5.75 Å². The Kier molecular flexibility index (Phi) is 7.25. The first-order valence-electron chi connectivity index (χ1n) is 8.02. The van der Waals surface area contributed by atoms with Crippen molar-refractivity contribution in [3.05, 3.63) is 64.7 Å². The van der Waals surface area contributed by atoms with E-state index in [2.05, 4.69) is 5.32 Å². The Bertz CT molecular complexity index is 658. The lowest BCUT2D eigenvalue weighted by Crippen LogP contribution is -2.87. The normalized spacial score (nSPS) is 12.0. The molecule has 3 N–H and O–H groups in total. The molecule has 0 fully saturated rings. The standard InChI is InChI=1S/C19H22ClNO3/c1-14(22)16-3-2-4-19(11-16)24-13-18(23)12-21-10-9-15-5-7-17(20)8-6-15/h2-8,11,18,21,23H,9-10,12-13H2,1H3/p+1/t18-/m0/s1. The molecule has 0 unspecified atom stereocenters. The SMILES string of the molecule is CC(=O)c1cccc(OC[C@@H](O)C[NH2+]CCc2ccc(Cl)cc2)c1. The van der Waals surface area contributed by atoms with Crippen LogP contribution in [-0.4, -0.2) is 36.7 Å². The van der Waals surface area contributed by atoms with E-state index in [4.69, 9.17) is 16.3 Å². The number of hydrogen-bond donors (Lipinski definition) is 2. The Labute approximate surface area is 147 Å². The highest BCUT2D eigenvalue weighted by Gasteiger charge is 2.08. The third kappa shape index (κ3) is 6.32. The van der Waals surface area contributed by atoms with Crippen LogP contribution in [0, 0.1) is 0 Å². The number of halogens is 1. The van der Waals surface area contributed by atoms with E-state index in [1.165, 1.54) is 12.5 Å². The molecule has 0 bridgehead atoms. The van der Waals surface area contributed by atoms with E-state index in [0.717, 1.165) is 18.0 Å². The van der Waals surface area contributed by atoms with E-state index in [0.29, 0.717) is 17.9 Å². The first-order chi connectivity index (χ1) is 11.5. The van der Waals surface area contributed by atoms with Gasteiger partial charge in [0.2, 0.25) is 0 Å². The summed E-state index contributed by atoms with van der Waals surface area (Å²) in [6.45, 7) is 3.18. The van der Waals surface area contributed by atoms with Crippen molar-refractivity contribution in [3.63, 3.8) is 0 Å².